The second kappa shape index (κ2) is 7.68. The lowest BCUT2D eigenvalue weighted by Crippen LogP contribution is -2.22. The maximum atomic E-state index is 12.2. The van der Waals surface area contributed by atoms with Gasteiger partial charge < -0.3 is 9.26 Å². The molecule has 0 aliphatic heterocycles. The van der Waals surface area contributed by atoms with Gasteiger partial charge in [0.25, 0.3) is 5.89 Å². The summed E-state index contributed by atoms with van der Waals surface area (Å²) in [5.41, 5.74) is 0.890. The molecule has 1 heterocycles. The summed E-state index contributed by atoms with van der Waals surface area (Å²) in [6.45, 7) is -0.219. The van der Waals surface area contributed by atoms with Gasteiger partial charge in [-0.05, 0) is 18.2 Å². The summed E-state index contributed by atoms with van der Waals surface area (Å²) >= 11 is 0. The van der Waals surface area contributed by atoms with Crippen molar-refractivity contribution in [2.45, 2.75) is 11.5 Å². The maximum Gasteiger partial charge on any atom is 0.338 e. The molecule has 0 radical (unpaired) electrons. The summed E-state index contributed by atoms with van der Waals surface area (Å²) < 4.78 is 35.6. The number of carbonyl (C=O) groups excluding carboxylic acids is 1. The summed E-state index contributed by atoms with van der Waals surface area (Å²) in [5.74, 6) is -0.162. The van der Waals surface area contributed by atoms with Gasteiger partial charge in [-0.15, -0.1) is 0 Å². The topological polar surface area (TPSA) is 103 Å². The number of sulfonamides is 1. The van der Waals surface area contributed by atoms with Crippen LogP contribution in [0.1, 0.15) is 16.2 Å². The standard InChI is InChI=1S/C18H17N3O5S/c1-21(2)27(23,24)15-10-6-9-14(11-15)18(22)25-12-16-19-17(20-26-16)13-7-4-3-5-8-13/h3-11H,12H2,1-2H3. The third-order valence-corrected chi connectivity index (χ3v) is 5.49. The summed E-state index contributed by atoms with van der Waals surface area (Å²) in [4.78, 5) is 16.4. The van der Waals surface area contributed by atoms with Crippen molar-refractivity contribution in [2.75, 3.05) is 14.1 Å². The highest BCUT2D eigenvalue weighted by atomic mass is 32.2. The van der Waals surface area contributed by atoms with E-state index in [9.17, 15) is 13.2 Å². The minimum atomic E-state index is -3.64. The SMILES string of the molecule is CN(C)S(=O)(=O)c1cccc(C(=O)OCc2nc(-c3ccccc3)no2)c1. The Morgan fingerprint density at radius 3 is 2.56 bits per heavy atom. The van der Waals surface area contributed by atoms with Crippen LogP contribution in [0.5, 0.6) is 0 Å². The van der Waals surface area contributed by atoms with Gasteiger partial charge in [0.05, 0.1) is 10.5 Å². The third kappa shape index (κ3) is 4.21. The predicted molar refractivity (Wildman–Crippen MR) is 96.2 cm³/mol. The molecule has 0 amide bonds. The van der Waals surface area contributed by atoms with Gasteiger partial charge in [-0.2, -0.15) is 4.98 Å². The molecule has 1 aromatic heterocycles. The summed E-state index contributed by atoms with van der Waals surface area (Å²) in [6.07, 6.45) is 0. The average molecular weight is 387 g/mol. The molecule has 0 atom stereocenters. The van der Waals surface area contributed by atoms with E-state index >= 15 is 0 Å². The summed E-state index contributed by atoms with van der Waals surface area (Å²) in [5, 5.41) is 3.84. The fourth-order valence-electron chi connectivity index (χ4n) is 2.22. The van der Waals surface area contributed by atoms with Gasteiger partial charge in [0.1, 0.15) is 0 Å². The Morgan fingerprint density at radius 2 is 1.85 bits per heavy atom. The van der Waals surface area contributed by atoms with Crippen LogP contribution in [-0.2, 0) is 21.4 Å². The first-order valence-corrected chi connectivity index (χ1v) is 9.39. The largest absolute Gasteiger partial charge is 0.452 e. The highest BCUT2D eigenvalue weighted by Crippen LogP contribution is 2.17. The van der Waals surface area contributed by atoms with Gasteiger partial charge in [0, 0.05) is 19.7 Å². The third-order valence-electron chi connectivity index (χ3n) is 3.68. The van der Waals surface area contributed by atoms with E-state index in [2.05, 4.69) is 10.1 Å². The molecule has 27 heavy (non-hydrogen) atoms. The van der Waals surface area contributed by atoms with E-state index in [1.165, 1.54) is 38.4 Å². The molecule has 3 rings (SSSR count). The van der Waals surface area contributed by atoms with Gasteiger partial charge in [0.2, 0.25) is 15.8 Å². The Hall–Kier alpha value is -3.04. The number of benzene rings is 2. The molecular weight excluding hydrogens is 370 g/mol. The van der Waals surface area contributed by atoms with Crippen LogP contribution in [-0.4, -0.2) is 42.9 Å². The molecule has 9 heteroatoms. The highest BCUT2D eigenvalue weighted by molar-refractivity contribution is 7.89. The minimum Gasteiger partial charge on any atom is -0.452 e. The smallest absolute Gasteiger partial charge is 0.338 e. The first-order chi connectivity index (χ1) is 12.9. The van der Waals surface area contributed by atoms with Gasteiger partial charge >= 0.3 is 5.97 Å². The van der Waals surface area contributed by atoms with E-state index in [-0.39, 0.29) is 23.0 Å². The van der Waals surface area contributed by atoms with Crippen LogP contribution < -0.4 is 0 Å². The van der Waals surface area contributed by atoms with Crippen molar-refractivity contribution >= 4 is 16.0 Å². The number of hydrogen-bond donors (Lipinski definition) is 0. The van der Waals surface area contributed by atoms with E-state index < -0.39 is 16.0 Å². The van der Waals surface area contributed by atoms with Crippen LogP contribution in [0.2, 0.25) is 0 Å². The normalized spacial score (nSPS) is 11.5. The number of ether oxygens (including phenoxy) is 1. The highest BCUT2D eigenvalue weighted by Gasteiger charge is 2.19. The molecule has 8 nitrogen and oxygen atoms in total. The number of hydrogen-bond acceptors (Lipinski definition) is 7. The molecule has 0 aliphatic carbocycles. The van der Waals surface area contributed by atoms with Crippen molar-refractivity contribution in [3.05, 3.63) is 66.1 Å². The Bertz CT molecular complexity index is 1050. The van der Waals surface area contributed by atoms with Crippen molar-refractivity contribution in [2.24, 2.45) is 0 Å². The fourth-order valence-corrected chi connectivity index (χ4v) is 3.17. The van der Waals surface area contributed by atoms with E-state index in [0.717, 1.165) is 9.87 Å². The molecule has 0 saturated carbocycles. The number of rotatable bonds is 6. The second-order valence-electron chi connectivity index (χ2n) is 5.77. The van der Waals surface area contributed by atoms with Crippen LogP contribution in [0.15, 0.2) is 64.0 Å². The van der Waals surface area contributed by atoms with Crippen molar-refractivity contribution in [3.63, 3.8) is 0 Å². The van der Waals surface area contributed by atoms with Crippen molar-refractivity contribution < 1.29 is 22.5 Å². The van der Waals surface area contributed by atoms with E-state index in [1.807, 2.05) is 30.3 Å². The van der Waals surface area contributed by atoms with Gasteiger partial charge in [-0.25, -0.2) is 17.5 Å². The lowest BCUT2D eigenvalue weighted by molar-refractivity contribution is 0.0429. The lowest BCUT2D eigenvalue weighted by Gasteiger charge is -2.11. The number of nitrogens with zero attached hydrogens (tertiary/aromatic N) is 3. The van der Waals surface area contributed by atoms with Crippen LogP contribution in [0.4, 0.5) is 0 Å². The summed E-state index contributed by atoms with van der Waals surface area (Å²) in [7, 11) is -0.809. The summed E-state index contributed by atoms with van der Waals surface area (Å²) in [6, 6.07) is 14.9. The van der Waals surface area contributed by atoms with Crippen LogP contribution in [0, 0.1) is 0 Å². The molecule has 0 bridgehead atoms. The zero-order chi connectivity index (χ0) is 19.4. The molecule has 0 N–H and O–H groups in total. The van der Waals surface area contributed by atoms with Crippen molar-refractivity contribution in [1.82, 2.24) is 14.4 Å². The predicted octanol–water partition coefficient (Wildman–Crippen LogP) is 2.34. The van der Waals surface area contributed by atoms with E-state index in [0.29, 0.717) is 5.82 Å². The molecule has 3 aromatic rings. The molecule has 0 unspecified atom stereocenters. The Balaban J connectivity index is 1.69. The number of carbonyl (C=O) groups is 1. The second-order valence-corrected chi connectivity index (χ2v) is 7.92. The lowest BCUT2D eigenvalue weighted by atomic mass is 10.2. The molecular formula is C18H17N3O5S. The van der Waals surface area contributed by atoms with Gasteiger partial charge in [0.15, 0.2) is 6.61 Å². The number of aromatic nitrogens is 2. The monoisotopic (exact) mass is 387 g/mol. The van der Waals surface area contributed by atoms with Gasteiger partial charge in [-0.3, -0.25) is 0 Å². The first kappa shape index (κ1) is 18.7. The molecule has 0 saturated heterocycles. The Morgan fingerprint density at radius 1 is 1.11 bits per heavy atom. The van der Waals surface area contributed by atoms with Crippen LogP contribution in [0.3, 0.4) is 0 Å². The fraction of sp³-hybridized carbons (Fsp3) is 0.167. The first-order valence-electron chi connectivity index (χ1n) is 7.95. The van der Waals surface area contributed by atoms with Crippen molar-refractivity contribution in [3.8, 4) is 11.4 Å². The zero-order valence-corrected chi connectivity index (χ0v) is 15.5. The van der Waals surface area contributed by atoms with Crippen LogP contribution >= 0.6 is 0 Å². The Labute approximate surface area is 156 Å². The van der Waals surface area contributed by atoms with E-state index in [4.69, 9.17) is 9.26 Å². The molecule has 0 spiro atoms. The average Bonchev–Trinajstić information content (AvgIpc) is 3.16. The Kier molecular flexibility index (Phi) is 5.33. The molecule has 0 aliphatic rings. The van der Waals surface area contributed by atoms with Gasteiger partial charge in [-0.1, -0.05) is 41.6 Å². The van der Waals surface area contributed by atoms with Crippen molar-refractivity contribution in [1.29, 1.82) is 0 Å². The number of esters is 1. The minimum absolute atomic E-state index is 0.00565. The van der Waals surface area contributed by atoms with E-state index in [1.54, 1.807) is 0 Å². The molecule has 2 aromatic carbocycles. The zero-order valence-electron chi connectivity index (χ0n) is 14.7. The maximum absolute atomic E-state index is 12.2. The molecule has 140 valence electrons. The quantitative estimate of drug-likeness (QED) is 0.598. The molecule has 0 fully saturated rings. The van der Waals surface area contributed by atoms with Crippen LogP contribution in [0.25, 0.3) is 11.4 Å².